The second-order valence-corrected chi connectivity index (χ2v) is 7.19. The van der Waals surface area contributed by atoms with Gasteiger partial charge in [0.2, 0.25) is 0 Å². The van der Waals surface area contributed by atoms with E-state index in [1.807, 2.05) is 0 Å². The molecule has 1 fully saturated rings. The van der Waals surface area contributed by atoms with Crippen LogP contribution < -0.4 is 10.6 Å². The van der Waals surface area contributed by atoms with Gasteiger partial charge in [-0.05, 0) is 42.9 Å². The first-order valence-electron chi connectivity index (χ1n) is 9.00. The Morgan fingerprint density at radius 2 is 1.85 bits per heavy atom. The number of anilines is 1. The van der Waals surface area contributed by atoms with Crippen LogP contribution in [-0.2, 0) is 0 Å². The Kier molecular flexibility index (Phi) is 6.66. The number of hydrogen-bond donors (Lipinski definition) is 2. The number of carbonyl (C=O) groups is 1. The van der Waals surface area contributed by atoms with Gasteiger partial charge in [0.1, 0.15) is 5.82 Å². The van der Waals surface area contributed by atoms with E-state index in [0.717, 1.165) is 31.7 Å². The van der Waals surface area contributed by atoms with Crippen LogP contribution in [0, 0.1) is 5.82 Å². The number of amides is 2. The number of nitrogens with zero attached hydrogens (tertiary/aromatic N) is 2. The zero-order chi connectivity index (χ0) is 19.2. The molecule has 2 amide bonds. The quantitative estimate of drug-likeness (QED) is 0.820. The fourth-order valence-electron chi connectivity index (χ4n) is 3.21. The first kappa shape index (κ1) is 19.6. The second-order valence-electron chi connectivity index (χ2n) is 6.75. The molecule has 1 atom stereocenters. The molecule has 144 valence electrons. The summed E-state index contributed by atoms with van der Waals surface area (Å²) >= 11 is 5.95. The fraction of sp³-hybridized carbons (Fsp3) is 0.350. The predicted octanol–water partition coefficient (Wildman–Crippen LogP) is 3.59. The molecular weight excluding hydrogens is 367 g/mol. The Labute approximate surface area is 164 Å². The number of nitrogens with one attached hydrogen (secondary N) is 2. The van der Waals surface area contributed by atoms with Crippen molar-refractivity contribution in [3.63, 3.8) is 0 Å². The van der Waals surface area contributed by atoms with Gasteiger partial charge in [-0.15, -0.1) is 0 Å². The van der Waals surface area contributed by atoms with Crippen LogP contribution in [0.3, 0.4) is 0 Å². The summed E-state index contributed by atoms with van der Waals surface area (Å²) in [4.78, 5) is 16.9. The van der Waals surface area contributed by atoms with E-state index < -0.39 is 0 Å². The molecule has 0 bridgehead atoms. The largest absolute Gasteiger partial charge is 0.336 e. The van der Waals surface area contributed by atoms with Crippen molar-refractivity contribution in [3.05, 3.63) is 64.9 Å². The average molecular weight is 391 g/mol. The van der Waals surface area contributed by atoms with Gasteiger partial charge in [-0.25, -0.2) is 9.18 Å². The zero-order valence-electron chi connectivity index (χ0n) is 15.3. The molecular formula is C20H24ClFN4O. The Morgan fingerprint density at radius 1 is 1.15 bits per heavy atom. The lowest BCUT2D eigenvalue weighted by Crippen LogP contribution is -2.48. The van der Waals surface area contributed by atoms with Crippen LogP contribution in [-0.4, -0.2) is 55.6 Å². The first-order valence-corrected chi connectivity index (χ1v) is 9.37. The average Bonchev–Trinajstić information content (AvgIpc) is 2.64. The van der Waals surface area contributed by atoms with Crippen LogP contribution in [0.5, 0.6) is 0 Å². The molecule has 1 aliphatic rings. The summed E-state index contributed by atoms with van der Waals surface area (Å²) in [5.74, 6) is -0.262. The molecule has 0 aromatic heterocycles. The van der Waals surface area contributed by atoms with Gasteiger partial charge in [-0.1, -0.05) is 29.8 Å². The number of rotatable bonds is 5. The summed E-state index contributed by atoms with van der Waals surface area (Å²) in [5, 5.41) is 6.28. The van der Waals surface area contributed by atoms with Gasteiger partial charge >= 0.3 is 6.03 Å². The molecule has 1 saturated heterocycles. The lowest BCUT2D eigenvalue weighted by molar-refractivity contribution is 0.111. The molecule has 2 aromatic carbocycles. The molecule has 0 aliphatic carbocycles. The summed E-state index contributed by atoms with van der Waals surface area (Å²) in [7, 11) is 2.10. The van der Waals surface area contributed by atoms with Gasteiger partial charge in [0, 0.05) is 43.4 Å². The predicted molar refractivity (Wildman–Crippen MR) is 107 cm³/mol. The molecule has 1 heterocycles. The van der Waals surface area contributed by atoms with Crippen molar-refractivity contribution in [1.82, 2.24) is 15.1 Å². The number of benzene rings is 2. The number of carbonyl (C=O) groups excluding carboxylic acids is 1. The minimum Gasteiger partial charge on any atom is -0.336 e. The Morgan fingerprint density at radius 3 is 2.52 bits per heavy atom. The summed E-state index contributed by atoms with van der Waals surface area (Å²) in [6.45, 7) is 4.16. The minimum absolute atomic E-state index is 0.00980. The van der Waals surface area contributed by atoms with E-state index in [1.165, 1.54) is 12.1 Å². The number of urea groups is 1. The molecule has 7 heteroatoms. The van der Waals surface area contributed by atoms with Crippen LogP contribution >= 0.6 is 11.6 Å². The third-order valence-corrected chi connectivity index (χ3v) is 5.01. The summed E-state index contributed by atoms with van der Waals surface area (Å²) in [5.41, 5.74) is 1.63. The first-order chi connectivity index (χ1) is 13.0. The van der Waals surface area contributed by atoms with E-state index >= 15 is 0 Å². The van der Waals surface area contributed by atoms with E-state index in [2.05, 4.69) is 27.5 Å². The van der Waals surface area contributed by atoms with Gasteiger partial charge in [0.05, 0.1) is 6.04 Å². The third kappa shape index (κ3) is 5.66. The maximum atomic E-state index is 13.3. The highest BCUT2D eigenvalue weighted by atomic mass is 35.5. The second kappa shape index (κ2) is 9.17. The van der Waals surface area contributed by atoms with Gasteiger partial charge in [0.25, 0.3) is 0 Å². The maximum Gasteiger partial charge on any atom is 0.319 e. The maximum absolute atomic E-state index is 13.3. The van der Waals surface area contributed by atoms with Crippen LogP contribution in [0.4, 0.5) is 14.9 Å². The van der Waals surface area contributed by atoms with E-state index in [-0.39, 0.29) is 17.9 Å². The summed E-state index contributed by atoms with van der Waals surface area (Å²) < 4.78 is 13.3. The number of piperazine rings is 1. The normalized spacial score (nSPS) is 16.7. The van der Waals surface area contributed by atoms with Crippen molar-refractivity contribution in [3.8, 4) is 0 Å². The Balaban J connectivity index is 1.65. The van der Waals surface area contributed by atoms with Crippen LogP contribution in [0.15, 0.2) is 48.5 Å². The van der Waals surface area contributed by atoms with Crippen molar-refractivity contribution in [2.45, 2.75) is 6.04 Å². The van der Waals surface area contributed by atoms with Gasteiger partial charge in [0.15, 0.2) is 0 Å². The summed E-state index contributed by atoms with van der Waals surface area (Å²) in [6, 6.07) is 13.2. The topological polar surface area (TPSA) is 47.6 Å². The highest BCUT2D eigenvalue weighted by Crippen LogP contribution is 2.22. The standard InChI is InChI=1S/C20H24ClFN4O/c1-25-9-11-26(12-10-25)19(15-5-7-17(22)8-6-15)14-23-20(27)24-18-4-2-3-16(21)13-18/h2-8,13,19H,9-12,14H2,1H3,(H2,23,24,27). The highest BCUT2D eigenvalue weighted by molar-refractivity contribution is 6.30. The van der Waals surface area contributed by atoms with Crippen LogP contribution in [0.1, 0.15) is 11.6 Å². The molecule has 0 saturated carbocycles. The zero-order valence-corrected chi connectivity index (χ0v) is 16.0. The highest BCUT2D eigenvalue weighted by Gasteiger charge is 2.24. The summed E-state index contributed by atoms with van der Waals surface area (Å²) in [6.07, 6.45) is 0. The van der Waals surface area contributed by atoms with Gasteiger partial charge in [-0.2, -0.15) is 0 Å². The third-order valence-electron chi connectivity index (χ3n) is 4.77. The van der Waals surface area contributed by atoms with Crippen molar-refractivity contribution in [1.29, 1.82) is 0 Å². The molecule has 1 unspecified atom stereocenters. The SMILES string of the molecule is CN1CCN(C(CNC(=O)Nc2cccc(Cl)c2)c2ccc(F)cc2)CC1. The lowest BCUT2D eigenvalue weighted by atomic mass is 10.0. The molecule has 3 rings (SSSR count). The van der Waals surface area contributed by atoms with Crippen molar-refractivity contribution >= 4 is 23.3 Å². The molecule has 1 aliphatic heterocycles. The number of halogens is 2. The molecule has 0 spiro atoms. The van der Waals surface area contributed by atoms with Crippen LogP contribution in [0.25, 0.3) is 0 Å². The number of likely N-dealkylation sites (N-methyl/N-ethyl adjacent to an activating group) is 1. The number of hydrogen-bond acceptors (Lipinski definition) is 3. The molecule has 2 aromatic rings. The molecule has 5 nitrogen and oxygen atoms in total. The smallest absolute Gasteiger partial charge is 0.319 e. The molecule has 2 N–H and O–H groups in total. The minimum atomic E-state index is -0.293. The van der Waals surface area contributed by atoms with E-state index in [4.69, 9.17) is 11.6 Å². The van der Waals surface area contributed by atoms with E-state index in [9.17, 15) is 9.18 Å². The van der Waals surface area contributed by atoms with Crippen molar-refractivity contribution in [2.75, 3.05) is 45.1 Å². The lowest BCUT2D eigenvalue weighted by Gasteiger charge is -2.38. The van der Waals surface area contributed by atoms with Crippen molar-refractivity contribution in [2.24, 2.45) is 0 Å². The Hall–Kier alpha value is -2.15. The Bertz CT molecular complexity index is 763. The van der Waals surface area contributed by atoms with E-state index in [0.29, 0.717) is 17.3 Å². The fourth-order valence-corrected chi connectivity index (χ4v) is 3.40. The van der Waals surface area contributed by atoms with Gasteiger partial charge < -0.3 is 15.5 Å². The molecule has 27 heavy (non-hydrogen) atoms. The van der Waals surface area contributed by atoms with Gasteiger partial charge in [-0.3, -0.25) is 4.90 Å². The van der Waals surface area contributed by atoms with Crippen molar-refractivity contribution < 1.29 is 9.18 Å². The van der Waals surface area contributed by atoms with E-state index in [1.54, 1.807) is 36.4 Å². The van der Waals surface area contributed by atoms with Crippen LogP contribution in [0.2, 0.25) is 5.02 Å². The monoisotopic (exact) mass is 390 g/mol. The molecule has 0 radical (unpaired) electrons.